The minimum atomic E-state index is -1.14. The number of rotatable bonds is 0. The first kappa shape index (κ1) is 8.56. The van der Waals surface area contributed by atoms with Crippen molar-refractivity contribution >= 4 is 17.9 Å². The molecule has 0 unspecified atom stereocenters. The van der Waals surface area contributed by atoms with Gasteiger partial charge in [0.1, 0.15) is 0 Å². The smallest absolute Gasteiger partial charge is 0.361 e. The third-order valence-electron chi connectivity index (χ3n) is 0.908. The fraction of sp³-hybridized carbons (Fsp3) is 0.500. The fourth-order valence-electron chi connectivity index (χ4n) is 0.589. The zero-order chi connectivity index (χ0) is 7.11. The van der Waals surface area contributed by atoms with Crippen molar-refractivity contribution in [1.82, 2.24) is 0 Å². The molecule has 0 radical (unpaired) electrons. The Hall–Kier alpha value is -0.440. The molecule has 0 spiro atoms. The van der Waals surface area contributed by atoms with Crippen LogP contribution in [0.4, 0.5) is 4.79 Å². The number of allylic oxidation sites excluding steroid dienone is 2. The average Bonchev–Trinajstić information content (AvgIpc) is 2.11. The molecule has 1 rings (SSSR count). The molecule has 1 aliphatic rings. The molecule has 0 aromatic heterocycles. The molecule has 9 heavy (non-hydrogen) atoms. The number of carboxylic acid groups (broad SMARTS) is 1. The maximum absolute atomic E-state index is 8.86. The highest BCUT2D eigenvalue weighted by Crippen LogP contribution is 2.05. The third-order valence-corrected chi connectivity index (χ3v) is 0.908. The lowest BCUT2D eigenvalue weighted by Gasteiger charge is -1.69. The normalized spacial score (nSPS) is 14.3. The molecule has 1 N–H and O–H groups in total. The number of carbonyl (C=O) groups is 1. The second-order valence-electron chi connectivity index (χ2n) is 1.68. The first-order valence-electron chi connectivity index (χ1n) is 2.80. The average molecular weight is 146 g/mol. The van der Waals surface area contributed by atoms with Crippen LogP contribution in [-0.4, -0.2) is 10.4 Å². The quantitative estimate of drug-likeness (QED) is 0.406. The van der Waals surface area contributed by atoms with E-state index >= 15 is 0 Å². The maximum Gasteiger partial charge on any atom is 0.361 e. The number of thiol groups is 1. The van der Waals surface area contributed by atoms with Gasteiger partial charge in [0.15, 0.2) is 0 Å². The Morgan fingerprint density at radius 3 is 1.89 bits per heavy atom. The van der Waals surface area contributed by atoms with E-state index in [4.69, 9.17) is 9.90 Å². The Morgan fingerprint density at radius 2 is 1.78 bits per heavy atom. The summed E-state index contributed by atoms with van der Waals surface area (Å²) < 4.78 is 0. The Morgan fingerprint density at radius 1 is 1.44 bits per heavy atom. The molecule has 3 heteroatoms. The van der Waals surface area contributed by atoms with Gasteiger partial charge < -0.3 is 5.11 Å². The highest BCUT2D eigenvalue weighted by Gasteiger charge is 1.84. The molecule has 1 aliphatic carbocycles. The van der Waals surface area contributed by atoms with E-state index in [1.54, 1.807) is 0 Å². The highest BCUT2D eigenvalue weighted by molar-refractivity contribution is 7.96. The van der Waals surface area contributed by atoms with Crippen LogP contribution in [0.15, 0.2) is 12.2 Å². The first-order valence-corrected chi connectivity index (χ1v) is 3.25. The minimum Gasteiger partial charge on any atom is -0.473 e. The van der Waals surface area contributed by atoms with Crippen LogP contribution in [0.1, 0.15) is 19.3 Å². The summed E-state index contributed by atoms with van der Waals surface area (Å²) >= 11 is 2.88. The largest absolute Gasteiger partial charge is 0.473 e. The van der Waals surface area contributed by atoms with Crippen molar-refractivity contribution in [3.05, 3.63) is 12.2 Å². The van der Waals surface area contributed by atoms with Gasteiger partial charge in [-0.25, -0.2) is 4.79 Å². The van der Waals surface area contributed by atoms with Crippen molar-refractivity contribution in [3.63, 3.8) is 0 Å². The van der Waals surface area contributed by atoms with Gasteiger partial charge in [0.2, 0.25) is 0 Å². The number of hydrogen-bond acceptors (Lipinski definition) is 1. The van der Waals surface area contributed by atoms with Crippen LogP contribution >= 0.6 is 12.6 Å². The van der Waals surface area contributed by atoms with Crippen LogP contribution in [-0.2, 0) is 0 Å². The second kappa shape index (κ2) is 5.69. The van der Waals surface area contributed by atoms with Gasteiger partial charge >= 0.3 is 5.30 Å². The van der Waals surface area contributed by atoms with E-state index in [9.17, 15) is 0 Å². The topological polar surface area (TPSA) is 37.3 Å². The van der Waals surface area contributed by atoms with Gasteiger partial charge in [-0.3, -0.25) is 0 Å². The van der Waals surface area contributed by atoms with Crippen molar-refractivity contribution in [2.24, 2.45) is 0 Å². The Labute approximate surface area is 60.0 Å². The van der Waals surface area contributed by atoms with Gasteiger partial charge in [-0.2, -0.15) is 0 Å². The second-order valence-corrected chi connectivity index (χ2v) is 2.07. The number of hydrogen-bond donors (Lipinski definition) is 2. The van der Waals surface area contributed by atoms with E-state index in [1.807, 2.05) is 0 Å². The third kappa shape index (κ3) is 11.2. The van der Waals surface area contributed by atoms with Crippen molar-refractivity contribution in [2.75, 3.05) is 0 Å². The molecule has 52 valence electrons. The van der Waals surface area contributed by atoms with E-state index in [0.717, 1.165) is 0 Å². The maximum atomic E-state index is 8.86. The van der Waals surface area contributed by atoms with Crippen LogP contribution < -0.4 is 0 Å². The summed E-state index contributed by atoms with van der Waals surface area (Å²) in [6, 6.07) is 0. The summed E-state index contributed by atoms with van der Waals surface area (Å²) in [5.41, 5.74) is 0. The summed E-state index contributed by atoms with van der Waals surface area (Å²) in [4.78, 5) is 8.86. The van der Waals surface area contributed by atoms with E-state index in [1.165, 1.54) is 19.3 Å². The summed E-state index contributed by atoms with van der Waals surface area (Å²) in [5, 5.41) is 6.14. The molecule has 0 atom stereocenters. The highest BCUT2D eigenvalue weighted by atomic mass is 32.1. The molecular formula is C6H10O2S. The van der Waals surface area contributed by atoms with E-state index in [2.05, 4.69) is 24.8 Å². The van der Waals surface area contributed by atoms with Gasteiger partial charge in [-0.05, 0) is 19.3 Å². The first-order chi connectivity index (χ1) is 4.23. The van der Waals surface area contributed by atoms with Gasteiger partial charge in [0.25, 0.3) is 0 Å². The molecule has 0 aliphatic heterocycles. The van der Waals surface area contributed by atoms with Gasteiger partial charge in [-0.15, -0.1) is 0 Å². The molecule has 0 saturated carbocycles. The predicted molar refractivity (Wildman–Crippen MR) is 40.0 cm³/mol. The molecule has 0 fully saturated rings. The van der Waals surface area contributed by atoms with Crippen molar-refractivity contribution < 1.29 is 9.90 Å². The summed E-state index contributed by atoms with van der Waals surface area (Å²) in [6.07, 6.45) is 8.50. The summed E-state index contributed by atoms with van der Waals surface area (Å²) in [5.74, 6) is 0. The van der Waals surface area contributed by atoms with E-state index in [0.29, 0.717) is 0 Å². The van der Waals surface area contributed by atoms with Crippen molar-refractivity contribution in [2.45, 2.75) is 19.3 Å². The molecular weight excluding hydrogens is 136 g/mol. The lowest BCUT2D eigenvalue weighted by molar-refractivity contribution is 0.222. The molecule has 0 saturated heterocycles. The van der Waals surface area contributed by atoms with E-state index in [-0.39, 0.29) is 0 Å². The molecule has 0 aromatic rings. The van der Waals surface area contributed by atoms with Crippen molar-refractivity contribution in [3.8, 4) is 0 Å². The lowest BCUT2D eigenvalue weighted by Crippen LogP contribution is -1.67. The zero-order valence-electron chi connectivity index (χ0n) is 5.08. The Bertz CT molecular complexity index is 99.6. The predicted octanol–water partition coefficient (Wildman–Crippen LogP) is 2.32. The van der Waals surface area contributed by atoms with Gasteiger partial charge in [0, 0.05) is 0 Å². The minimum absolute atomic E-state index is 1.14. The standard InChI is InChI=1S/C5H8.CH2O2S/c1-2-4-5-3-1;2-1(3)4/h1-2H,3-5H2;4H,(H,2,3). The van der Waals surface area contributed by atoms with E-state index < -0.39 is 5.30 Å². The molecule has 0 bridgehead atoms. The van der Waals surface area contributed by atoms with Crippen LogP contribution in [0.3, 0.4) is 0 Å². The summed E-state index contributed by atoms with van der Waals surface area (Å²) in [7, 11) is 0. The van der Waals surface area contributed by atoms with Crippen LogP contribution in [0.2, 0.25) is 0 Å². The van der Waals surface area contributed by atoms with Crippen LogP contribution in [0.5, 0.6) is 0 Å². The lowest BCUT2D eigenvalue weighted by atomic mass is 10.4. The molecule has 2 nitrogen and oxygen atoms in total. The molecule has 0 amide bonds. The SMILES string of the molecule is C1=CCCC1.O=C(O)S. The van der Waals surface area contributed by atoms with Crippen LogP contribution in [0.25, 0.3) is 0 Å². The van der Waals surface area contributed by atoms with Gasteiger partial charge in [0.05, 0.1) is 0 Å². The monoisotopic (exact) mass is 146 g/mol. The Balaban J connectivity index is 0.000000148. The van der Waals surface area contributed by atoms with Crippen LogP contribution in [0, 0.1) is 0 Å². The Kier molecular flexibility index (Phi) is 5.41. The zero-order valence-corrected chi connectivity index (χ0v) is 5.97. The summed E-state index contributed by atoms with van der Waals surface area (Å²) in [6.45, 7) is 0. The molecule has 0 heterocycles. The van der Waals surface area contributed by atoms with Gasteiger partial charge in [-0.1, -0.05) is 24.8 Å². The molecule has 0 aromatic carbocycles. The van der Waals surface area contributed by atoms with Crippen molar-refractivity contribution in [1.29, 1.82) is 0 Å². The fourth-order valence-corrected chi connectivity index (χ4v) is 0.589.